The lowest BCUT2D eigenvalue weighted by atomic mass is 10.3. The Morgan fingerprint density at radius 3 is 2.62 bits per heavy atom. The first-order chi connectivity index (χ1) is 11.6. The number of nitrogens with zero attached hydrogens (tertiary/aromatic N) is 2. The number of rotatable bonds is 9. The normalized spacial score (nSPS) is 10.6. The molecule has 0 saturated heterocycles. The molecule has 0 unspecified atom stereocenters. The quantitative estimate of drug-likeness (QED) is 0.653. The van der Waals surface area contributed by atoms with Gasteiger partial charge in [-0.3, -0.25) is 4.79 Å². The fraction of sp³-hybridized carbons (Fsp3) is 0.389. The molecule has 1 aromatic heterocycles. The van der Waals surface area contributed by atoms with E-state index in [1.807, 2.05) is 29.9 Å². The first kappa shape index (κ1) is 18.4. The first-order valence-electron chi connectivity index (χ1n) is 7.85. The van der Waals surface area contributed by atoms with Crippen molar-refractivity contribution >= 4 is 17.5 Å². The number of ether oxygens (including phenoxy) is 2. The van der Waals surface area contributed by atoms with Gasteiger partial charge in [0.15, 0.2) is 6.61 Å². The highest BCUT2D eigenvalue weighted by Crippen LogP contribution is 2.16. The number of amides is 1. The van der Waals surface area contributed by atoms with Crippen LogP contribution in [-0.4, -0.2) is 42.2 Å². The Kier molecular flexibility index (Phi) is 7.15. The lowest BCUT2D eigenvalue weighted by Gasteiger charge is -2.23. The molecule has 1 amide bonds. The zero-order valence-electron chi connectivity index (χ0n) is 14.1. The standard InChI is InChI=1S/C18H23ClN2O3/c1-20-10-3-5-16(20)13-21(11-4-12-23-2)18(22)14-24-17-8-6-15(19)7-9-17/h3,5-10H,4,11-14H2,1-2H3. The van der Waals surface area contributed by atoms with E-state index in [9.17, 15) is 4.79 Å². The number of aryl methyl sites for hydroxylation is 1. The number of methoxy groups -OCH3 is 1. The highest BCUT2D eigenvalue weighted by molar-refractivity contribution is 6.30. The molecule has 2 aromatic rings. The van der Waals surface area contributed by atoms with Gasteiger partial charge < -0.3 is 18.9 Å². The molecule has 1 aromatic carbocycles. The van der Waals surface area contributed by atoms with Crippen molar-refractivity contribution in [3.05, 3.63) is 53.3 Å². The van der Waals surface area contributed by atoms with Crippen LogP contribution in [0.3, 0.4) is 0 Å². The minimum absolute atomic E-state index is 0.000955. The average Bonchev–Trinajstić information content (AvgIpc) is 2.98. The van der Waals surface area contributed by atoms with Crippen LogP contribution in [-0.2, 0) is 23.1 Å². The van der Waals surface area contributed by atoms with Crippen molar-refractivity contribution in [1.29, 1.82) is 0 Å². The summed E-state index contributed by atoms with van der Waals surface area (Å²) in [6.07, 6.45) is 2.75. The van der Waals surface area contributed by atoms with Crippen molar-refractivity contribution in [2.24, 2.45) is 7.05 Å². The van der Waals surface area contributed by atoms with Crippen molar-refractivity contribution in [2.45, 2.75) is 13.0 Å². The molecule has 0 saturated carbocycles. The van der Waals surface area contributed by atoms with Crippen LogP contribution in [0.2, 0.25) is 5.02 Å². The van der Waals surface area contributed by atoms with Crippen LogP contribution in [0.5, 0.6) is 5.75 Å². The van der Waals surface area contributed by atoms with E-state index in [-0.39, 0.29) is 12.5 Å². The van der Waals surface area contributed by atoms with Gasteiger partial charge in [0.05, 0.1) is 6.54 Å². The summed E-state index contributed by atoms with van der Waals surface area (Å²) in [7, 11) is 3.63. The average molecular weight is 351 g/mol. The molecule has 0 atom stereocenters. The number of aromatic nitrogens is 1. The largest absolute Gasteiger partial charge is 0.484 e. The third-order valence-corrected chi connectivity index (χ3v) is 3.96. The van der Waals surface area contributed by atoms with Gasteiger partial charge in [-0.2, -0.15) is 0 Å². The van der Waals surface area contributed by atoms with Crippen molar-refractivity contribution in [2.75, 3.05) is 26.9 Å². The van der Waals surface area contributed by atoms with Crippen LogP contribution in [0.1, 0.15) is 12.1 Å². The van der Waals surface area contributed by atoms with E-state index in [0.29, 0.717) is 30.5 Å². The monoisotopic (exact) mass is 350 g/mol. The SMILES string of the molecule is COCCCN(Cc1cccn1C)C(=O)COc1ccc(Cl)cc1. The van der Waals surface area contributed by atoms with Gasteiger partial charge in [-0.25, -0.2) is 0 Å². The van der Waals surface area contributed by atoms with Crippen molar-refractivity contribution in [3.8, 4) is 5.75 Å². The first-order valence-corrected chi connectivity index (χ1v) is 8.23. The number of benzene rings is 1. The summed E-state index contributed by atoms with van der Waals surface area (Å²) >= 11 is 5.85. The van der Waals surface area contributed by atoms with Crippen LogP contribution in [0.25, 0.3) is 0 Å². The summed E-state index contributed by atoms with van der Waals surface area (Å²) in [4.78, 5) is 14.3. The molecule has 130 valence electrons. The van der Waals surface area contributed by atoms with Crippen molar-refractivity contribution < 1.29 is 14.3 Å². The second-order valence-corrected chi connectivity index (χ2v) is 5.95. The number of carbonyl (C=O) groups excluding carboxylic acids is 1. The zero-order chi connectivity index (χ0) is 17.4. The lowest BCUT2D eigenvalue weighted by molar-refractivity contribution is -0.134. The number of halogens is 1. The molecule has 1 heterocycles. The van der Waals surface area contributed by atoms with E-state index in [2.05, 4.69) is 0 Å². The number of carbonyl (C=O) groups is 1. The fourth-order valence-electron chi connectivity index (χ4n) is 2.32. The Labute approximate surface area is 147 Å². The maximum absolute atomic E-state index is 12.5. The molecule has 0 fully saturated rings. The summed E-state index contributed by atoms with van der Waals surface area (Å²) in [5, 5.41) is 0.638. The molecule has 6 heteroatoms. The second kappa shape index (κ2) is 9.35. The van der Waals surface area contributed by atoms with E-state index >= 15 is 0 Å². The van der Waals surface area contributed by atoms with Crippen LogP contribution in [0.4, 0.5) is 0 Å². The molecule has 0 bridgehead atoms. The summed E-state index contributed by atoms with van der Waals surface area (Å²) in [6.45, 7) is 1.80. The molecule has 0 spiro atoms. The van der Waals surface area contributed by atoms with Gasteiger partial charge in [0, 0.05) is 44.2 Å². The fourth-order valence-corrected chi connectivity index (χ4v) is 2.44. The van der Waals surface area contributed by atoms with E-state index < -0.39 is 0 Å². The van der Waals surface area contributed by atoms with Gasteiger partial charge >= 0.3 is 0 Å². The summed E-state index contributed by atoms with van der Waals surface area (Å²) in [5.41, 5.74) is 1.08. The molecular weight excluding hydrogens is 328 g/mol. The Bertz CT molecular complexity index is 640. The molecule has 0 aliphatic rings. The molecule has 2 rings (SSSR count). The van der Waals surface area contributed by atoms with E-state index in [4.69, 9.17) is 21.1 Å². The van der Waals surface area contributed by atoms with E-state index in [0.717, 1.165) is 12.1 Å². The van der Waals surface area contributed by atoms with Gasteiger partial charge in [-0.15, -0.1) is 0 Å². The van der Waals surface area contributed by atoms with Gasteiger partial charge in [-0.05, 0) is 42.8 Å². The number of hydrogen-bond acceptors (Lipinski definition) is 3. The van der Waals surface area contributed by atoms with Crippen LogP contribution in [0, 0.1) is 0 Å². The smallest absolute Gasteiger partial charge is 0.260 e. The highest BCUT2D eigenvalue weighted by atomic mass is 35.5. The Balaban J connectivity index is 1.95. The van der Waals surface area contributed by atoms with E-state index in [1.54, 1.807) is 36.3 Å². The maximum Gasteiger partial charge on any atom is 0.260 e. The molecule has 24 heavy (non-hydrogen) atoms. The Morgan fingerprint density at radius 2 is 2.00 bits per heavy atom. The molecule has 0 aliphatic carbocycles. The lowest BCUT2D eigenvalue weighted by Crippen LogP contribution is -2.36. The Hall–Kier alpha value is -1.98. The van der Waals surface area contributed by atoms with Crippen LogP contribution >= 0.6 is 11.6 Å². The van der Waals surface area contributed by atoms with Gasteiger partial charge in [0.2, 0.25) is 0 Å². The topological polar surface area (TPSA) is 43.7 Å². The minimum Gasteiger partial charge on any atom is -0.484 e. The van der Waals surface area contributed by atoms with Gasteiger partial charge in [0.25, 0.3) is 5.91 Å². The maximum atomic E-state index is 12.5. The van der Waals surface area contributed by atoms with E-state index in [1.165, 1.54) is 0 Å². The molecule has 0 aliphatic heterocycles. The zero-order valence-corrected chi connectivity index (χ0v) is 14.8. The van der Waals surface area contributed by atoms with Crippen LogP contribution in [0.15, 0.2) is 42.6 Å². The predicted octanol–water partition coefficient (Wildman–Crippen LogP) is 3.12. The van der Waals surface area contributed by atoms with Crippen LogP contribution < -0.4 is 4.74 Å². The molecule has 5 nitrogen and oxygen atoms in total. The van der Waals surface area contributed by atoms with Crippen molar-refractivity contribution in [1.82, 2.24) is 9.47 Å². The number of hydrogen-bond donors (Lipinski definition) is 0. The second-order valence-electron chi connectivity index (χ2n) is 5.51. The highest BCUT2D eigenvalue weighted by Gasteiger charge is 2.15. The van der Waals surface area contributed by atoms with Crippen molar-refractivity contribution in [3.63, 3.8) is 0 Å². The predicted molar refractivity (Wildman–Crippen MR) is 94.3 cm³/mol. The summed E-state index contributed by atoms with van der Waals surface area (Å²) < 4.78 is 12.7. The third-order valence-electron chi connectivity index (χ3n) is 3.71. The minimum atomic E-state index is -0.0535. The van der Waals surface area contributed by atoms with Gasteiger partial charge in [0.1, 0.15) is 5.75 Å². The van der Waals surface area contributed by atoms with Gasteiger partial charge in [-0.1, -0.05) is 11.6 Å². The molecule has 0 N–H and O–H groups in total. The molecule has 0 radical (unpaired) electrons. The third kappa shape index (κ3) is 5.58. The summed E-state index contributed by atoms with van der Waals surface area (Å²) in [5.74, 6) is 0.575. The Morgan fingerprint density at radius 1 is 1.25 bits per heavy atom. The summed E-state index contributed by atoms with van der Waals surface area (Å²) in [6, 6.07) is 11.0. The molecular formula is C18H23ClN2O3.